The Bertz CT molecular complexity index is 323. The molecular weight excluding hydrogens is 192 g/mol. The van der Waals surface area contributed by atoms with E-state index in [-0.39, 0.29) is 12.9 Å². The fourth-order valence-electron chi connectivity index (χ4n) is 1.36. The second-order valence-corrected chi connectivity index (χ2v) is 3.15. The van der Waals surface area contributed by atoms with Gasteiger partial charge in [0.1, 0.15) is 0 Å². The van der Waals surface area contributed by atoms with Crippen LogP contribution in [0.5, 0.6) is 0 Å². The van der Waals surface area contributed by atoms with Crippen molar-refractivity contribution in [3.05, 3.63) is 41.5 Å². The number of aliphatic hydroxyl groups is 1. The molecule has 15 heavy (non-hydrogen) atoms. The minimum absolute atomic E-state index is 0.0322. The van der Waals surface area contributed by atoms with E-state index < -0.39 is 0 Å². The van der Waals surface area contributed by atoms with Gasteiger partial charge in [0.25, 0.3) is 0 Å². The van der Waals surface area contributed by atoms with Crippen molar-refractivity contribution in [3.63, 3.8) is 0 Å². The third kappa shape index (κ3) is 2.57. The van der Waals surface area contributed by atoms with Gasteiger partial charge in [-0.25, -0.2) is 0 Å². The molecule has 1 aromatic rings. The van der Waals surface area contributed by atoms with E-state index in [9.17, 15) is 0 Å². The molecule has 0 aliphatic carbocycles. The van der Waals surface area contributed by atoms with Gasteiger partial charge in [-0.1, -0.05) is 18.2 Å². The topological polar surface area (TPSA) is 38.7 Å². The Hall–Kier alpha value is -1.34. The predicted molar refractivity (Wildman–Crippen MR) is 54.9 cm³/mol. The molecule has 1 saturated heterocycles. The van der Waals surface area contributed by atoms with E-state index in [1.165, 1.54) is 0 Å². The van der Waals surface area contributed by atoms with Crippen molar-refractivity contribution in [1.29, 1.82) is 0 Å². The maximum Gasteiger partial charge on any atom is 0.191 e. The summed E-state index contributed by atoms with van der Waals surface area (Å²) in [6, 6.07) is 9.73. The average molecular weight is 204 g/mol. The molecule has 1 fully saturated rings. The van der Waals surface area contributed by atoms with E-state index in [4.69, 9.17) is 14.6 Å². The van der Waals surface area contributed by atoms with Crippen LogP contribution in [-0.4, -0.2) is 24.9 Å². The van der Waals surface area contributed by atoms with Crippen LogP contribution in [0.4, 0.5) is 0 Å². The van der Waals surface area contributed by atoms with E-state index in [0.717, 1.165) is 11.1 Å². The van der Waals surface area contributed by atoms with Crippen LogP contribution in [0.25, 0.3) is 6.08 Å². The summed E-state index contributed by atoms with van der Waals surface area (Å²) in [5, 5.41) is 8.60. The molecule has 2 rings (SSSR count). The third-order valence-corrected chi connectivity index (χ3v) is 2.07. The summed E-state index contributed by atoms with van der Waals surface area (Å²) in [5.74, 6) is 0. The molecule has 1 heterocycles. The van der Waals surface area contributed by atoms with Crippen LogP contribution >= 0.6 is 0 Å². The van der Waals surface area contributed by atoms with E-state index in [0.29, 0.717) is 13.2 Å². The second-order valence-electron chi connectivity index (χ2n) is 3.15. The van der Waals surface area contributed by atoms with Crippen LogP contribution in [-0.2, 0) is 9.47 Å². The first kappa shape index (κ1) is 10.2. The van der Waals surface area contributed by atoms with E-state index in [2.05, 4.69) is 12.1 Å². The van der Waals surface area contributed by atoms with Gasteiger partial charge in [0, 0.05) is 5.56 Å². The summed E-state index contributed by atoms with van der Waals surface area (Å²) in [6.45, 7) is 1.29. The Morgan fingerprint density at radius 1 is 1.33 bits per heavy atom. The van der Waals surface area contributed by atoms with Crippen LogP contribution in [0.2, 0.25) is 0 Å². The zero-order valence-electron chi connectivity index (χ0n) is 8.27. The molecule has 0 unspecified atom stereocenters. The third-order valence-electron chi connectivity index (χ3n) is 2.07. The van der Waals surface area contributed by atoms with Gasteiger partial charge in [-0.3, -0.25) is 0 Å². The molecule has 0 radical (unpaired) electrons. The normalized spacial score (nSPS) is 17.1. The van der Waals surface area contributed by atoms with Crippen molar-refractivity contribution in [2.75, 3.05) is 19.8 Å². The van der Waals surface area contributed by atoms with Gasteiger partial charge in [0.2, 0.25) is 0 Å². The van der Waals surface area contributed by atoms with Gasteiger partial charge < -0.3 is 14.6 Å². The first-order valence-corrected chi connectivity index (χ1v) is 4.84. The van der Waals surface area contributed by atoms with Crippen LogP contribution in [0.3, 0.4) is 0 Å². The van der Waals surface area contributed by atoms with Crippen LogP contribution < -0.4 is 0 Å². The molecule has 78 valence electrons. The largest absolute Gasteiger partial charge is 0.392 e. The van der Waals surface area contributed by atoms with E-state index in [1.807, 2.05) is 12.1 Å². The van der Waals surface area contributed by atoms with Crippen molar-refractivity contribution in [1.82, 2.24) is 0 Å². The lowest BCUT2D eigenvalue weighted by Crippen LogP contribution is -1.96. The summed E-state index contributed by atoms with van der Waals surface area (Å²) in [4.78, 5) is 0. The number of rotatable bonds is 3. The number of hydrogen-bond donors (Lipinski definition) is 1. The van der Waals surface area contributed by atoms with Crippen molar-refractivity contribution < 1.29 is 14.6 Å². The molecule has 1 aliphatic heterocycles. The fraction of sp³-hybridized carbons (Fsp3) is 0.333. The molecule has 0 atom stereocenters. The zero-order chi connectivity index (χ0) is 10.5. The molecule has 1 aromatic carbocycles. The summed E-state index contributed by atoms with van der Waals surface area (Å²) >= 11 is 0. The Labute approximate surface area is 88.9 Å². The highest BCUT2D eigenvalue weighted by Crippen LogP contribution is 2.21. The minimum atomic E-state index is -0.294. The van der Waals surface area contributed by atoms with Gasteiger partial charge in [0.05, 0.1) is 25.4 Å². The summed E-state index contributed by atoms with van der Waals surface area (Å²) in [6.07, 6.45) is 3.15. The van der Waals surface area contributed by atoms with Gasteiger partial charge >= 0.3 is 0 Å². The molecule has 0 amide bonds. The fourth-order valence-corrected chi connectivity index (χ4v) is 1.36. The second kappa shape index (κ2) is 4.94. The van der Waals surface area contributed by atoms with Gasteiger partial charge in [-0.05, 0) is 18.2 Å². The molecule has 0 bridgehead atoms. The minimum Gasteiger partial charge on any atom is -0.392 e. The summed E-state index contributed by atoms with van der Waals surface area (Å²) < 4.78 is 10.7. The maximum absolute atomic E-state index is 8.60. The lowest BCUT2D eigenvalue weighted by Gasteiger charge is -2.05. The molecule has 1 aliphatic rings. The monoisotopic (exact) mass is 204 g/mol. The average Bonchev–Trinajstić information content (AvgIpc) is 2.80. The van der Waals surface area contributed by atoms with E-state index >= 15 is 0 Å². The smallest absolute Gasteiger partial charge is 0.191 e. The van der Waals surface area contributed by atoms with Crippen molar-refractivity contribution >= 4 is 6.08 Å². The highest BCUT2D eigenvalue weighted by molar-refractivity contribution is 5.47. The Morgan fingerprint density at radius 2 is 2.13 bits per heavy atom. The maximum atomic E-state index is 8.60. The lowest BCUT2D eigenvalue weighted by molar-refractivity contribution is -0.0441. The molecule has 0 aromatic heterocycles. The van der Waals surface area contributed by atoms with Gasteiger partial charge in [-0.15, -0.1) is 0 Å². The quantitative estimate of drug-likeness (QED) is 0.807. The summed E-state index contributed by atoms with van der Waals surface area (Å²) in [7, 11) is 0. The predicted octanol–water partition coefficient (Wildman–Crippen LogP) is 1.34. The lowest BCUT2D eigenvalue weighted by atomic mass is 10.2. The molecule has 0 saturated carbocycles. The van der Waals surface area contributed by atoms with Gasteiger partial charge in [-0.2, -0.15) is 0 Å². The Kier molecular flexibility index (Phi) is 3.36. The highest BCUT2D eigenvalue weighted by Gasteiger charge is 2.17. The summed E-state index contributed by atoms with van der Waals surface area (Å²) in [5.41, 5.74) is 1.74. The first-order chi connectivity index (χ1) is 7.40. The van der Waals surface area contributed by atoms with Crippen LogP contribution in [0.15, 0.2) is 18.2 Å². The molecule has 3 heteroatoms. The number of aliphatic hydroxyl groups excluding tert-OH is 1. The molecule has 3 nitrogen and oxygen atoms in total. The standard InChI is InChI=1S/C12H12O3/c13-7-1-2-10-3-5-11(6-4-10)12-14-8-9-15-12/h1-3,5,12-13H,7-9H2/b2-1+. The van der Waals surface area contributed by atoms with E-state index in [1.54, 1.807) is 12.2 Å². The molecular formula is C12H12O3. The van der Waals surface area contributed by atoms with Gasteiger partial charge in [0.15, 0.2) is 6.29 Å². The number of hydrogen-bond acceptors (Lipinski definition) is 3. The highest BCUT2D eigenvalue weighted by atomic mass is 16.7. The zero-order valence-corrected chi connectivity index (χ0v) is 8.27. The van der Waals surface area contributed by atoms with Crippen molar-refractivity contribution in [2.45, 2.75) is 6.29 Å². The van der Waals surface area contributed by atoms with Crippen LogP contribution in [0.1, 0.15) is 17.4 Å². The van der Waals surface area contributed by atoms with Crippen LogP contribution in [0, 0.1) is 12.1 Å². The first-order valence-electron chi connectivity index (χ1n) is 4.84. The van der Waals surface area contributed by atoms with Crippen molar-refractivity contribution in [3.8, 4) is 0 Å². The Balaban J connectivity index is 2.06. The number of ether oxygens (including phenoxy) is 2. The van der Waals surface area contributed by atoms with Crippen molar-refractivity contribution in [2.24, 2.45) is 0 Å². The molecule has 0 spiro atoms. The SMILES string of the molecule is OC/C=C/c1c#cc(C2OCCO2)cc1. The Morgan fingerprint density at radius 3 is 2.73 bits per heavy atom. The molecule has 1 N–H and O–H groups in total.